The minimum Gasteiger partial charge on any atom is -0.337 e. The van der Waals surface area contributed by atoms with Crippen molar-refractivity contribution in [3.8, 4) is 0 Å². The average molecular weight is 197 g/mol. The molecule has 2 aliphatic rings. The lowest BCUT2D eigenvalue weighted by Gasteiger charge is -2.36. The van der Waals surface area contributed by atoms with Crippen LogP contribution in [0.2, 0.25) is 0 Å². The SMILES string of the molecule is NC1CC(=O)N([C@H]2CCCC[C@H]2N)C1. The van der Waals surface area contributed by atoms with Gasteiger partial charge in [0.2, 0.25) is 5.91 Å². The van der Waals surface area contributed by atoms with Crippen LogP contribution in [-0.2, 0) is 4.79 Å². The summed E-state index contributed by atoms with van der Waals surface area (Å²) >= 11 is 0. The molecule has 1 saturated heterocycles. The fourth-order valence-corrected chi connectivity index (χ4v) is 2.61. The van der Waals surface area contributed by atoms with Crippen LogP contribution in [0.1, 0.15) is 32.1 Å². The molecule has 1 aliphatic heterocycles. The summed E-state index contributed by atoms with van der Waals surface area (Å²) in [5.74, 6) is 0.194. The van der Waals surface area contributed by atoms with Crippen molar-refractivity contribution in [2.24, 2.45) is 11.5 Å². The molecule has 1 aliphatic carbocycles. The number of carbonyl (C=O) groups excluding carboxylic acids is 1. The maximum atomic E-state index is 11.6. The summed E-state index contributed by atoms with van der Waals surface area (Å²) in [5.41, 5.74) is 11.8. The van der Waals surface area contributed by atoms with Gasteiger partial charge in [0.05, 0.1) is 0 Å². The second kappa shape index (κ2) is 3.87. The van der Waals surface area contributed by atoms with Crippen molar-refractivity contribution in [2.45, 2.75) is 50.2 Å². The Labute approximate surface area is 84.6 Å². The van der Waals surface area contributed by atoms with Crippen LogP contribution in [0.3, 0.4) is 0 Å². The van der Waals surface area contributed by atoms with E-state index in [-0.39, 0.29) is 24.0 Å². The summed E-state index contributed by atoms with van der Waals surface area (Å²) in [4.78, 5) is 13.5. The van der Waals surface area contributed by atoms with E-state index in [4.69, 9.17) is 11.5 Å². The van der Waals surface area contributed by atoms with Crippen LogP contribution < -0.4 is 11.5 Å². The lowest BCUT2D eigenvalue weighted by atomic mass is 9.90. The third-order valence-corrected chi connectivity index (χ3v) is 3.37. The van der Waals surface area contributed by atoms with Gasteiger partial charge in [-0.3, -0.25) is 4.79 Å². The third kappa shape index (κ3) is 1.77. The quantitative estimate of drug-likeness (QED) is 0.612. The highest BCUT2D eigenvalue weighted by molar-refractivity contribution is 5.79. The van der Waals surface area contributed by atoms with Crippen molar-refractivity contribution in [2.75, 3.05) is 6.54 Å². The maximum Gasteiger partial charge on any atom is 0.224 e. The predicted molar refractivity (Wildman–Crippen MR) is 54.5 cm³/mol. The number of nitrogens with two attached hydrogens (primary N) is 2. The molecule has 0 radical (unpaired) electrons. The average Bonchev–Trinajstić information content (AvgIpc) is 2.46. The fourth-order valence-electron chi connectivity index (χ4n) is 2.61. The van der Waals surface area contributed by atoms with Crippen LogP contribution in [0, 0.1) is 0 Å². The van der Waals surface area contributed by atoms with Crippen LogP contribution in [0.25, 0.3) is 0 Å². The molecule has 2 rings (SSSR count). The molecule has 1 amide bonds. The Morgan fingerprint density at radius 2 is 1.93 bits per heavy atom. The van der Waals surface area contributed by atoms with Gasteiger partial charge in [-0.05, 0) is 12.8 Å². The Hall–Kier alpha value is -0.610. The van der Waals surface area contributed by atoms with Gasteiger partial charge in [-0.25, -0.2) is 0 Å². The monoisotopic (exact) mass is 197 g/mol. The van der Waals surface area contributed by atoms with E-state index in [0.717, 1.165) is 12.8 Å². The van der Waals surface area contributed by atoms with Crippen LogP contribution >= 0.6 is 0 Å². The van der Waals surface area contributed by atoms with Crippen LogP contribution in [0.5, 0.6) is 0 Å². The number of nitrogens with zero attached hydrogens (tertiary/aromatic N) is 1. The van der Waals surface area contributed by atoms with Crippen molar-refractivity contribution >= 4 is 5.91 Å². The lowest BCUT2D eigenvalue weighted by molar-refractivity contribution is -0.130. The number of amides is 1. The first-order chi connectivity index (χ1) is 6.68. The Bertz CT molecular complexity index is 231. The van der Waals surface area contributed by atoms with E-state index in [1.807, 2.05) is 4.90 Å². The zero-order valence-electron chi connectivity index (χ0n) is 8.48. The second-order valence-electron chi connectivity index (χ2n) is 4.53. The minimum atomic E-state index is 0.0247. The molecule has 3 atom stereocenters. The van der Waals surface area contributed by atoms with Gasteiger partial charge in [-0.2, -0.15) is 0 Å². The number of carbonyl (C=O) groups is 1. The van der Waals surface area contributed by atoms with E-state index in [1.165, 1.54) is 12.8 Å². The highest BCUT2D eigenvalue weighted by Crippen LogP contribution is 2.25. The summed E-state index contributed by atoms with van der Waals surface area (Å²) in [7, 11) is 0. The van der Waals surface area contributed by atoms with Crippen molar-refractivity contribution < 1.29 is 4.79 Å². The molecular weight excluding hydrogens is 178 g/mol. The lowest BCUT2D eigenvalue weighted by Crippen LogP contribution is -2.50. The minimum absolute atomic E-state index is 0.0247. The van der Waals surface area contributed by atoms with Crippen molar-refractivity contribution in [3.05, 3.63) is 0 Å². The van der Waals surface area contributed by atoms with Gasteiger partial charge >= 0.3 is 0 Å². The van der Waals surface area contributed by atoms with E-state index < -0.39 is 0 Å². The first-order valence-electron chi connectivity index (χ1n) is 5.49. The van der Waals surface area contributed by atoms with Crippen molar-refractivity contribution in [1.82, 2.24) is 4.90 Å². The standard InChI is InChI=1S/C10H19N3O/c11-7-5-10(14)13(6-7)9-4-2-1-3-8(9)12/h7-9H,1-6,11-12H2/t7?,8-,9+/m1/s1. The van der Waals surface area contributed by atoms with E-state index in [0.29, 0.717) is 13.0 Å². The highest BCUT2D eigenvalue weighted by Gasteiger charge is 2.36. The van der Waals surface area contributed by atoms with Gasteiger partial charge in [0.15, 0.2) is 0 Å². The van der Waals surface area contributed by atoms with Gasteiger partial charge in [0.25, 0.3) is 0 Å². The topological polar surface area (TPSA) is 72.4 Å². The smallest absolute Gasteiger partial charge is 0.224 e. The van der Waals surface area contributed by atoms with E-state index >= 15 is 0 Å². The fraction of sp³-hybridized carbons (Fsp3) is 0.900. The summed E-state index contributed by atoms with van der Waals surface area (Å²) in [5, 5.41) is 0. The van der Waals surface area contributed by atoms with Crippen molar-refractivity contribution in [1.29, 1.82) is 0 Å². The molecule has 1 saturated carbocycles. The molecule has 0 aromatic rings. The Kier molecular flexibility index (Phi) is 2.74. The van der Waals surface area contributed by atoms with Crippen LogP contribution in [0.4, 0.5) is 0 Å². The van der Waals surface area contributed by atoms with Gasteiger partial charge in [0.1, 0.15) is 0 Å². The maximum absolute atomic E-state index is 11.6. The van der Waals surface area contributed by atoms with Crippen LogP contribution in [-0.4, -0.2) is 35.5 Å². The van der Waals surface area contributed by atoms with Crippen molar-refractivity contribution in [3.63, 3.8) is 0 Å². The summed E-state index contributed by atoms with van der Waals surface area (Å²) < 4.78 is 0. The molecule has 80 valence electrons. The molecule has 14 heavy (non-hydrogen) atoms. The van der Waals surface area contributed by atoms with E-state index in [1.54, 1.807) is 0 Å². The number of hydrogen-bond acceptors (Lipinski definition) is 3. The molecule has 1 unspecified atom stereocenters. The van der Waals surface area contributed by atoms with E-state index in [9.17, 15) is 4.79 Å². The van der Waals surface area contributed by atoms with Crippen LogP contribution in [0.15, 0.2) is 0 Å². The molecule has 0 bridgehead atoms. The first kappa shape index (κ1) is 9.93. The Morgan fingerprint density at radius 1 is 1.21 bits per heavy atom. The molecule has 1 heterocycles. The Balaban J connectivity index is 2.02. The normalized spacial score (nSPS) is 39.1. The highest BCUT2D eigenvalue weighted by atomic mass is 16.2. The Morgan fingerprint density at radius 3 is 2.50 bits per heavy atom. The molecule has 4 heteroatoms. The molecule has 4 N–H and O–H groups in total. The summed E-state index contributed by atoms with van der Waals surface area (Å²) in [6.45, 7) is 0.706. The number of rotatable bonds is 1. The predicted octanol–water partition coefficient (Wildman–Crippen LogP) is -0.184. The molecule has 4 nitrogen and oxygen atoms in total. The third-order valence-electron chi connectivity index (χ3n) is 3.37. The first-order valence-corrected chi connectivity index (χ1v) is 5.49. The second-order valence-corrected chi connectivity index (χ2v) is 4.53. The number of likely N-dealkylation sites (tertiary alicyclic amines) is 1. The molecular formula is C10H19N3O. The molecule has 2 fully saturated rings. The summed E-state index contributed by atoms with van der Waals surface area (Å²) in [6, 6.07) is 0.444. The molecule has 0 aromatic heterocycles. The zero-order chi connectivity index (χ0) is 10.1. The summed E-state index contributed by atoms with van der Waals surface area (Å²) in [6.07, 6.45) is 5.00. The number of hydrogen-bond donors (Lipinski definition) is 2. The van der Waals surface area contributed by atoms with Gasteiger partial charge in [-0.1, -0.05) is 12.8 Å². The van der Waals surface area contributed by atoms with Gasteiger partial charge in [-0.15, -0.1) is 0 Å². The molecule has 0 spiro atoms. The molecule has 0 aromatic carbocycles. The zero-order valence-corrected chi connectivity index (χ0v) is 8.48. The van der Waals surface area contributed by atoms with Gasteiger partial charge in [0, 0.05) is 31.1 Å². The van der Waals surface area contributed by atoms with Gasteiger partial charge < -0.3 is 16.4 Å². The largest absolute Gasteiger partial charge is 0.337 e. The van der Waals surface area contributed by atoms with E-state index in [2.05, 4.69) is 0 Å².